The molecule has 1 atom stereocenters. The van der Waals surface area contributed by atoms with Gasteiger partial charge in [0.2, 0.25) is 5.91 Å². The molecule has 0 radical (unpaired) electrons. The molecular formula is C19H22N4O2. The summed E-state index contributed by atoms with van der Waals surface area (Å²) in [5.74, 6) is 0.518. The summed E-state index contributed by atoms with van der Waals surface area (Å²) in [7, 11) is 0. The normalized spacial score (nSPS) is 16.9. The fraction of sp³-hybridized carbons (Fsp3) is 0.368. The van der Waals surface area contributed by atoms with Crippen LogP contribution in [0.3, 0.4) is 0 Å². The summed E-state index contributed by atoms with van der Waals surface area (Å²) < 4.78 is 0. The van der Waals surface area contributed by atoms with Crippen molar-refractivity contribution < 1.29 is 9.59 Å². The van der Waals surface area contributed by atoms with Gasteiger partial charge in [-0.25, -0.2) is 9.97 Å². The standard InChI is InChI=1S/C19H22N4O2/c1-12-16(10-17(20)24)13(2)22-18(21-12)15-8-9-23(11-15)19(25)14-6-4-3-5-7-14/h3-7,15H,8-11H2,1-2H3,(H2,20,24)/t15-/m0/s1. The van der Waals surface area contributed by atoms with Gasteiger partial charge in [0.25, 0.3) is 5.91 Å². The van der Waals surface area contributed by atoms with E-state index in [9.17, 15) is 9.59 Å². The highest BCUT2D eigenvalue weighted by atomic mass is 16.2. The number of nitrogens with two attached hydrogens (primary N) is 1. The van der Waals surface area contributed by atoms with Gasteiger partial charge in [0.05, 0.1) is 6.42 Å². The molecule has 1 aliphatic heterocycles. The number of primary amides is 1. The van der Waals surface area contributed by atoms with Gasteiger partial charge in [-0.05, 0) is 32.4 Å². The van der Waals surface area contributed by atoms with Crippen LogP contribution in [-0.4, -0.2) is 39.8 Å². The van der Waals surface area contributed by atoms with E-state index in [1.54, 1.807) is 0 Å². The molecule has 0 bridgehead atoms. The van der Waals surface area contributed by atoms with Crippen LogP contribution >= 0.6 is 0 Å². The number of aromatic nitrogens is 2. The van der Waals surface area contributed by atoms with E-state index in [2.05, 4.69) is 9.97 Å². The van der Waals surface area contributed by atoms with Crippen molar-refractivity contribution >= 4 is 11.8 Å². The smallest absolute Gasteiger partial charge is 0.253 e. The number of likely N-dealkylation sites (tertiary alicyclic amines) is 1. The van der Waals surface area contributed by atoms with E-state index in [1.807, 2.05) is 49.1 Å². The number of nitrogens with zero attached hydrogens (tertiary/aromatic N) is 3. The highest BCUT2D eigenvalue weighted by molar-refractivity contribution is 5.94. The maximum atomic E-state index is 12.6. The Morgan fingerprint density at radius 1 is 1.16 bits per heavy atom. The fourth-order valence-electron chi connectivity index (χ4n) is 3.30. The molecule has 1 aromatic heterocycles. The third kappa shape index (κ3) is 3.68. The summed E-state index contributed by atoms with van der Waals surface area (Å²) in [6.07, 6.45) is 0.994. The summed E-state index contributed by atoms with van der Waals surface area (Å²) in [6.45, 7) is 5.06. The second kappa shape index (κ2) is 7.01. The van der Waals surface area contributed by atoms with Gasteiger partial charge < -0.3 is 10.6 Å². The zero-order valence-electron chi connectivity index (χ0n) is 14.5. The lowest BCUT2D eigenvalue weighted by molar-refractivity contribution is -0.117. The zero-order valence-corrected chi connectivity index (χ0v) is 14.5. The highest BCUT2D eigenvalue weighted by Crippen LogP contribution is 2.27. The first kappa shape index (κ1) is 17.1. The van der Waals surface area contributed by atoms with E-state index in [4.69, 9.17) is 5.73 Å². The molecule has 25 heavy (non-hydrogen) atoms. The lowest BCUT2D eigenvalue weighted by Gasteiger charge is -2.17. The molecule has 1 fully saturated rings. The number of hydrogen-bond acceptors (Lipinski definition) is 4. The van der Waals surface area contributed by atoms with Gasteiger partial charge in [0, 0.05) is 41.5 Å². The first-order valence-corrected chi connectivity index (χ1v) is 8.42. The van der Waals surface area contributed by atoms with Gasteiger partial charge in [-0.1, -0.05) is 18.2 Å². The Kier molecular flexibility index (Phi) is 4.79. The largest absolute Gasteiger partial charge is 0.369 e. The molecule has 1 aliphatic rings. The topological polar surface area (TPSA) is 89.2 Å². The lowest BCUT2D eigenvalue weighted by atomic mass is 10.0. The molecule has 130 valence electrons. The van der Waals surface area contributed by atoms with E-state index in [0.717, 1.165) is 29.2 Å². The average Bonchev–Trinajstić information content (AvgIpc) is 3.08. The Morgan fingerprint density at radius 3 is 2.40 bits per heavy atom. The Morgan fingerprint density at radius 2 is 1.80 bits per heavy atom. The molecule has 0 aliphatic carbocycles. The van der Waals surface area contributed by atoms with Gasteiger partial charge in [-0.3, -0.25) is 9.59 Å². The van der Waals surface area contributed by atoms with E-state index in [-0.39, 0.29) is 24.2 Å². The van der Waals surface area contributed by atoms with Crippen LogP contribution in [0.1, 0.15) is 45.5 Å². The van der Waals surface area contributed by atoms with Crippen LogP contribution in [0.25, 0.3) is 0 Å². The summed E-state index contributed by atoms with van der Waals surface area (Å²) in [4.78, 5) is 34.8. The van der Waals surface area contributed by atoms with E-state index < -0.39 is 0 Å². The number of carbonyl (C=O) groups excluding carboxylic acids is 2. The van der Waals surface area contributed by atoms with Crippen molar-refractivity contribution in [1.29, 1.82) is 0 Å². The Labute approximate surface area is 147 Å². The van der Waals surface area contributed by atoms with Gasteiger partial charge in [-0.15, -0.1) is 0 Å². The maximum Gasteiger partial charge on any atom is 0.253 e. The SMILES string of the molecule is Cc1nc([C@H]2CCN(C(=O)c3ccccc3)C2)nc(C)c1CC(N)=O. The highest BCUT2D eigenvalue weighted by Gasteiger charge is 2.30. The first-order chi connectivity index (χ1) is 12.0. The predicted molar refractivity (Wildman–Crippen MR) is 94.1 cm³/mol. The van der Waals surface area contributed by atoms with Gasteiger partial charge in [0.1, 0.15) is 5.82 Å². The molecule has 0 unspecified atom stereocenters. The minimum atomic E-state index is -0.386. The van der Waals surface area contributed by atoms with Crippen molar-refractivity contribution in [1.82, 2.24) is 14.9 Å². The maximum absolute atomic E-state index is 12.6. The average molecular weight is 338 g/mol. The Bertz CT molecular complexity index is 781. The van der Waals surface area contributed by atoms with E-state index >= 15 is 0 Å². The summed E-state index contributed by atoms with van der Waals surface area (Å²) in [5, 5.41) is 0. The lowest BCUT2D eigenvalue weighted by Crippen LogP contribution is -2.28. The molecule has 1 aromatic carbocycles. The Balaban J connectivity index is 1.76. The second-order valence-electron chi connectivity index (χ2n) is 6.48. The van der Waals surface area contributed by atoms with Gasteiger partial charge in [-0.2, -0.15) is 0 Å². The van der Waals surface area contributed by atoms with Crippen LogP contribution in [0.2, 0.25) is 0 Å². The molecule has 2 amide bonds. The minimum absolute atomic E-state index is 0.0434. The van der Waals surface area contributed by atoms with Crippen LogP contribution in [-0.2, 0) is 11.2 Å². The molecule has 1 saturated heterocycles. The van der Waals surface area contributed by atoms with Crippen molar-refractivity contribution in [2.24, 2.45) is 5.73 Å². The van der Waals surface area contributed by atoms with Crippen molar-refractivity contribution in [2.45, 2.75) is 32.6 Å². The number of carbonyl (C=O) groups is 2. The predicted octanol–water partition coefficient (Wildman–Crippen LogP) is 1.75. The van der Waals surface area contributed by atoms with Crippen molar-refractivity contribution in [2.75, 3.05) is 13.1 Å². The van der Waals surface area contributed by atoms with Crippen LogP contribution in [0.4, 0.5) is 0 Å². The number of hydrogen-bond donors (Lipinski definition) is 1. The summed E-state index contributed by atoms with van der Waals surface area (Å²) in [6, 6.07) is 9.30. The first-order valence-electron chi connectivity index (χ1n) is 8.42. The molecule has 2 heterocycles. The van der Waals surface area contributed by atoms with Crippen LogP contribution in [0, 0.1) is 13.8 Å². The van der Waals surface area contributed by atoms with Gasteiger partial charge >= 0.3 is 0 Å². The van der Waals surface area contributed by atoms with E-state index in [0.29, 0.717) is 18.7 Å². The quantitative estimate of drug-likeness (QED) is 0.920. The molecule has 2 N–H and O–H groups in total. The number of benzene rings is 1. The summed E-state index contributed by atoms with van der Waals surface area (Å²) in [5.41, 5.74) is 8.36. The van der Waals surface area contributed by atoms with Crippen LogP contribution in [0.5, 0.6) is 0 Å². The van der Waals surface area contributed by atoms with E-state index in [1.165, 1.54) is 0 Å². The fourth-order valence-corrected chi connectivity index (χ4v) is 3.30. The second-order valence-corrected chi connectivity index (χ2v) is 6.48. The van der Waals surface area contributed by atoms with Crippen molar-refractivity contribution in [3.8, 4) is 0 Å². The number of aryl methyl sites for hydroxylation is 2. The monoisotopic (exact) mass is 338 g/mol. The molecular weight excluding hydrogens is 316 g/mol. The molecule has 6 heteroatoms. The van der Waals surface area contributed by atoms with Crippen LogP contribution in [0.15, 0.2) is 30.3 Å². The summed E-state index contributed by atoms with van der Waals surface area (Å²) >= 11 is 0. The minimum Gasteiger partial charge on any atom is -0.369 e. The zero-order chi connectivity index (χ0) is 18.0. The molecule has 3 rings (SSSR count). The third-order valence-electron chi connectivity index (χ3n) is 4.65. The molecule has 2 aromatic rings. The molecule has 6 nitrogen and oxygen atoms in total. The van der Waals surface area contributed by atoms with Crippen LogP contribution < -0.4 is 5.73 Å². The van der Waals surface area contributed by atoms with Gasteiger partial charge in [0.15, 0.2) is 0 Å². The number of amides is 2. The van der Waals surface area contributed by atoms with Crippen molar-refractivity contribution in [3.63, 3.8) is 0 Å². The Hall–Kier alpha value is -2.76. The molecule has 0 spiro atoms. The molecule has 0 saturated carbocycles. The van der Waals surface area contributed by atoms with Crippen molar-refractivity contribution in [3.05, 3.63) is 58.7 Å². The third-order valence-corrected chi connectivity index (χ3v) is 4.65. The number of rotatable bonds is 4.